The molecule has 2 heterocycles. The van der Waals surface area contributed by atoms with E-state index in [1.807, 2.05) is 6.08 Å². The van der Waals surface area contributed by atoms with Crippen LogP contribution in [0.5, 0.6) is 0 Å². The van der Waals surface area contributed by atoms with Crippen molar-refractivity contribution >= 4 is 29.4 Å². The van der Waals surface area contributed by atoms with E-state index in [4.69, 9.17) is 10.5 Å². The number of hydrogen-bond acceptors (Lipinski definition) is 6. The van der Waals surface area contributed by atoms with E-state index in [1.54, 1.807) is 18.4 Å². The SMILES string of the molecule is NC(=O)CCC(C(=O)O)N1C(=O)c2cccc(NCC3CC=CO3)c2C1=O. The first kappa shape index (κ1) is 18.4. The summed E-state index contributed by atoms with van der Waals surface area (Å²) in [4.78, 5) is 48.8. The van der Waals surface area contributed by atoms with Crippen molar-refractivity contribution in [2.24, 2.45) is 5.73 Å². The van der Waals surface area contributed by atoms with Gasteiger partial charge >= 0.3 is 5.97 Å². The molecular formula is C18H19N3O6. The number of rotatable bonds is 8. The molecule has 2 aliphatic rings. The molecule has 0 radical (unpaired) electrons. The molecule has 2 unspecified atom stereocenters. The largest absolute Gasteiger partial charge is 0.496 e. The van der Waals surface area contributed by atoms with Crippen molar-refractivity contribution in [2.75, 3.05) is 11.9 Å². The molecule has 2 atom stereocenters. The summed E-state index contributed by atoms with van der Waals surface area (Å²) in [6, 6.07) is 3.28. The summed E-state index contributed by atoms with van der Waals surface area (Å²) < 4.78 is 5.36. The Labute approximate surface area is 154 Å². The molecule has 9 nitrogen and oxygen atoms in total. The summed E-state index contributed by atoms with van der Waals surface area (Å²) in [6.07, 6.45) is 3.66. The fourth-order valence-corrected chi connectivity index (χ4v) is 3.16. The number of hydrogen-bond donors (Lipinski definition) is 3. The van der Waals surface area contributed by atoms with Crippen molar-refractivity contribution < 1.29 is 29.0 Å². The average Bonchev–Trinajstić information content (AvgIpc) is 3.22. The lowest BCUT2D eigenvalue weighted by molar-refractivity contribution is -0.141. The number of carbonyl (C=O) groups is 4. The Morgan fingerprint density at radius 1 is 1.33 bits per heavy atom. The van der Waals surface area contributed by atoms with Crippen LogP contribution in [0.3, 0.4) is 0 Å². The Hall–Kier alpha value is -3.36. The smallest absolute Gasteiger partial charge is 0.326 e. The van der Waals surface area contributed by atoms with Crippen molar-refractivity contribution in [3.63, 3.8) is 0 Å². The zero-order valence-corrected chi connectivity index (χ0v) is 14.4. The van der Waals surface area contributed by atoms with Crippen molar-refractivity contribution in [1.82, 2.24) is 4.90 Å². The second-order valence-corrected chi connectivity index (χ2v) is 6.31. The van der Waals surface area contributed by atoms with Gasteiger partial charge in [0.15, 0.2) is 0 Å². The number of fused-ring (bicyclic) bond motifs is 1. The molecule has 3 rings (SSSR count). The lowest BCUT2D eigenvalue weighted by atomic mass is 10.1. The average molecular weight is 373 g/mol. The molecule has 0 saturated heterocycles. The predicted octanol–water partition coefficient (Wildman–Crippen LogP) is 0.716. The Kier molecular flexibility index (Phi) is 5.11. The quantitative estimate of drug-likeness (QED) is 0.570. The number of nitrogens with two attached hydrogens (primary N) is 1. The van der Waals surface area contributed by atoms with Crippen LogP contribution in [0.4, 0.5) is 5.69 Å². The monoisotopic (exact) mass is 373 g/mol. The van der Waals surface area contributed by atoms with Gasteiger partial charge in [0.05, 0.1) is 23.9 Å². The molecular weight excluding hydrogens is 354 g/mol. The summed E-state index contributed by atoms with van der Waals surface area (Å²) in [6.45, 7) is 0.426. The van der Waals surface area contributed by atoms with Crippen LogP contribution in [0.2, 0.25) is 0 Å². The van der Waals surface area contributed by atoms with Gasteiger partial charge in [-0.2, -0.15) is 0 Å². The maximum atomic E-state index is 12.9. The number of carboxylic acids is 1. The number of ether oxygens (including phenoxy) is 1. The van der Waals surface area contributed by atoms with Crippen molar-refractivity contribution in [3.05, 3.63) is 41.7 Å². The first-order valence-electron chi connectivity index (χ1n) is 8.46. The number of nitrogens with zero attached hydrogens (tertiary/aromatic N) is 1. The highest BCUT2D eigenvalue weighted by Gasteiger charge is 2.44. The summed E-state index contributed by atoms with van der Waals surface area (Å²) in [7, 11) is 0. The minimum Gasteiger partial charge on any atom is -0.496 e. The van der Waals surface area contributed by atoms with E-state index < -0.39 is 29.7 Å². The third kappa shape index (κ3) is 3.62. The minimum atomic E-state index is -1.46. The summed E-state index contributed by atoms with van der Waals surface area (Å²) in [5.74, 6) is -3.48. The number of carbonyl (C=O) groups excluding carboxylic acids is 3. The van der Waals surface area contributed by atoms with E-state index in [9.17, 15) is 24.3 Å². The van der Waals surface area contributed by atoms with Gasteiger partial charge in [0.2, 0.25) is 5.91 Å². The number of amides is 3. The van der Waals surface area contributed by atoms with Gasteiger partial charge in [-0.05, 0) is 24.6 Å². The van der Waals surface area contributed by atoms with Crippen LogP contribution in [0, 0.1) is 0 Å². The van der Waals surface area contributed by atoms with Crippen LogP contribution in [-0.4, -0.2) is 52.4 Å². The molecule has 4 N–H and O–H groups in total. The van der Waals surface area contributed by atoms with Gasteiger partial charge in [-0.25, -0.2) is 4.79 Å². The van der Waals surface area contributed by atoms with Crippen LogP contribution in [0.1, 0.15) is 40.0 Å². The zero-order valence-electron chi connectivity index (χ0n) is 14.4. The van der Waals surface area contributed by atoms with E-state index in [0.717, 1.165) is 6.42 Å². The predicted molar refractivity (Wildman–Crippen MR) is 93.9 cm³/mol. The highest BCUT2D eigenvalue weighted by Crippen LogP contribution is 2.32. The third-order valence-electron chi connectivity index (χ3n) is 4.49. The van der Waals surface area contributed by atoms with Crippen molar-refractivity contribution in [3.8, 4) is 0 Å². The number of primary amides is 1. The molecule has 0 aliphatic carbocycles. The van der Waals surface area contributed by atoms with Crippen LogP contribution in [-0.2, 0) is 14.3 Å². The summed E-state index contributed by atoms with van der Waals surface area (Å²) in [5, 5.41) is 12.5. The fraction of sp³-hybridized carbons (Fsp3) is 0.333. The lowest BCUT2D eigenvalue weighted by Gasteiger charge is -2.22. The van der Waals surface area contributed by atoms with E-state index >= 15 is 0 Å². The van der Waals surface area contributed by atoms with Crippen LogP contribution >= 0.6 is 0 Å². The number of anilines is 1. The first-order valence-corrected chi connectivity index (χ1v) is 8.46. The number of benzene rings is 1. The molecule has 9 heteroatoms. The van der Waals surface area contributed by atoms with Crippen LogP contribution in [0.15, 0.2) is 30.5 Å². The Morgan fingerprint density at radius 3 is 2.74 bits per heavy atom. The maximum Gasteiger partial charge on any atom is 0.326 e. The topological polar surface area (TPSA) is 139 Å². The van der Waals surface area contributed by atoms with Gasteiger partial charge in [-0.15, -0.1) is 0 Å². The highest BCUT2D eigenvalue weighted by atomic mass is 16.5. The molecule has 2 aliphatic heterocycles. The molecule has 3 amide bonds. The van der Waals surface area contributed by atoms with Gasteiger partial charge in [-0.1, -0.05) is 6.07 Å². The molecule has 0 bridgehead atoms. The van der Waals surface area contributed by atoms with Gasteiger partial charge < -0.3 is 20.9 Å². The van der Waals surface area contributed by atoms with E-state index in [1.165, 1.54) is 6.07 Å². The molecule has 142 valence electrons. The van der Waals surface area contributed by atoms with Gasteiger partial charge in [0, 0.05) is 18.5 Å². The summed E-state index contributed by atoms with van der Waals surface area (Å²) >= 11 is 0. The van der Waals surface area contributed by atoms with Gasteiger partial charge in [-0.3, -0.25) is 19.3 Å². The van der Waals surface area contributed by atoms with Crippen LogP contribution in [0.25, 0.3) is 0 Å². The van der Waals surface area contributed by atoms with Gasteiger partial charge in [0.25, 0.3) is 11.8 Å². The van der Waals surface area contributed by atoms with E-state index in [-0.39, 0.29) is 30.1 Å². The first-order chi connectivity index (χ1) is 12.9. The standard InChI is InChI=1S/C18H19N3O6/c19-14(22)7-6-13(18(25)26)21-16(23)11-4-1-5-12(15(11)17(21)24)20-9-10-3-2-8-27-10/h1-2,4-5,8,10,13,20H,3,6-7,9H2,(H2,19,22)(H,25,26). The Balaban J connectivity index is 1.84. The van der Waals surface area contributed by atoms with E-state index in [2.05, 4.69) is 5.32 Å². The number of aliphatic carboxylic acids is 1. The maximum absolute atomic E-state index is 12.9. The van der Waals surface area contributed by atoms with Crippen molar-refractivity contribution in [1.29, 1.82) is 0 Å². The second kappa shape index (κ2) is 7.48. The normalized spacial score (nSPS) is 19.0. The molecule has 0 aromatic heterocycles. The number of imide groups is 1. The molecule has 0 saturated carbocycles. The Bertz CT molecular complexity index is 826. The zero-order chi connectivity index (χ0) is 19.6. The molecule has 1 aromatic carbocycles. The number of nitrogens with one attached hydrogen (secondary N) is 1. The second-order valence-electron chi connectivity index (χ2n) is 6.31. The van der Waals surface area contributed by atoms with Crippen molar-refractivity contribution in [2.45, 2.75) is 31.4 Å². The van der Waals surface area contributed by atoms with Crippen LogP contribution < -0.4 is 11.1 Å². The number of carboxylic acid groups (broad SMARTS) is 1. The fourth-order valence-electron chi connectivity index (χ4n) is 3.16. The highest BCUT2D eigenvalue weighted by molar-refractivity contribution is 6.24. The minimum absolute atomic E-state index is 0.0773. The summed E-state index contributed by atoms with van der Waals surface area (Å²) in [5.41, 5.74) is 5.75. The molecule has 27 heavy (non-hydrogen) atoms. The molecule has 1 aromatic rings. The lowest BCUT2D eigenvalue weighted by Crippen LogP contribution is -2.45. The third-order valence-corrected chi connectivity index (χ3v) is 4.49. The molecule has 0 fully saturated rings. The van der Waals surface area contributed by atoms with E-state index in [0.29, 0.717) is 17.1 Å². The Morgan fingerprint density at radius 2 is 2.11 bits per heavy atom. The molecule has 0 spiro atoms. The van der Waals surface area contributed by atoms with Gasteiger partial charge in [0.1, 0.15) is 12.1 Å².